The van der Waals surface area contributed by atoms with E-state index in [-0.39, 0.29) is 5.60 Å². The van der Waals surface area contributed by atoms with E-state index in [0.717, 1.165) is 31.8 Å². The lowest BCUT2D eigenvalue weighted by Crippen LogP contribution is -2.48. The average molecular weight is 211 g/mol. The zero-order valence-electron chi connectivity index (χ0n) is 9.97. The molecular formula is C13H25NO. The molecule has 0 amide bonds. The minimum atomic E-state index is -0.329. The van der Waals surface area contributed by atoms with Gasteiger partial charge in [-0.3, -0.25) is 0 Å². The van der Waals surface area contributed by atoms with E-state index in [2.05, 4.69) is 12.2 Å². The lowest BCUT2D eigenvalue weighted by Gasteiger charge is -2.42. The highest BCUT2D eigenvalue weighted by atomic mass is 16.3. The van der Waals surface area contributed by atoms with Gasteiger partial charge in [-0.25, -0.2) is 0 Å². The Labute approximate surface area is 93.5 Å². The summed E-state index contributed by atoms with van der Waals surface area (Å²) in [7, 11) is 0. The summed E-state index contributed by atoms with van der Waals surface area (Å²) in [6, 6.07) is 0. The Balaban J connectivity index is 1.88. The molecule has 0 unspecified atom stereocenters. The predicted molar refractivity (Wildman–Crippen MR) is 62.8 cm³/mol. The second-order valence-corrected chi connectivity index (χ2v) is 5.48. The molecule has 88 valence electrons. The van der Waals surface area contributed by atoms with Crippen LogP contribution in [0.5, 0.6) is 0 Å². The Hall–Kier alpha value is -0.0800. The molecule has 1 aliphatic carbocycles. The van der Waals surface area contributed by atoms with Crippen molar-refractivity contribution in [1.29, 1.82) is 0 Å². The topological polar surface area (TPSA) is 32.3 Å². The molecule has 1 aliphatic heterocycles. The van der Waals surface area contributed by atoms with E-state index in [4.69, 9.17) is 0 Å². The van der Waals surface area contributed by atoms with Crippen LogP contribution in [0.4, 0.5) is 0 Å². The number of hydrogen-bond donors (Lipinski definition) is 2. The Morgan fingerprint density at radius 1 is 1.13 bits per heavy atom. The van der Waals surface area contributed by atoms with Gasteiger partial charge in [0.1, 0.15) is 0 Å². The molecule has 0 bridgehead atoms. The van der Waals surface area contributed by atoms with Crippen LogP contribution >= 0.6 is 0 Å². The number of rotatable bonds is 2. The van der Waals surface area contributed by atoms with Gasteiger partial charge in [-0.1, -0.05) is 26.2 Å². The molecule has 2 N–H and O–H groups in total. The van der Waals surface area contributed by atoms with E-state index in [1.54, 1.807) is 0 Å². The maximum Gasteiger partial charge on any atom is 0.0700 e. The van der Waals surface area contributed by atoms with Gasteiger partial charge >= 0.3 is 0 Å². The number of aliphatic hydroxyl groups is 1. The highest BCUT2D eigenvalue weighted by molar-refractivity contribution is 4.92. The van der Waals surface area contributed by atoms with Crippen molar-refractivity contribution < 1.29 is 5.11 Å². The van der Waals surface area contributed by atoms with Crippen LogP contribution in [0.2, 0.25) is 0 Å². The van der Waals surface area contributed by atoms with Gasteiger partial charge in [0, 0.05) is 0 Å². The summed E-state index contributed by atoms with van der Waals surface area (Å²) in [5.41, 5.74) is -0.329. The zero-order valence-corrected chi connectivity index (χ0v) is 9.97. The predicted octanol–water partition coefficient (Wildman–Crippen LogP) is 2.32. The SMILES string of the molecule is CCC1CCC(C2(O)CCNCC2)CC1. The summed E-state index contributed by atoms with van der Waals surface area (Å²) in [5, 5.41) is 14.0. The molecule has 0 aromatic rings. The number of piperidine rings is 1. The van der Waals surface area contributed by atoms with Crippen molar-refractivity contribution in [2.24, 2.45) is 11.8 Å². The molecule has 1 saturated heterocycles. The molecule has 1 heterocycles. The first-order valence-corrected chi connectivity index (χ1v) is 6.67. The summed E-state index contributed by atoms with van der Waals surface area (Å²) >= 11 is 0. The standard InChI is InChI=1S/C13H25NO/c1-2-11-3-5-12(6-4-11)13(15)7-9-14-10-8-13/h11-12,14-15H,2-10H2,1H3. The van der Waals surface area contributed by atoms with Gasteiger partial charge < -0.3 is 10.4 Å². The third-order valence-corrected chi connectivity index (χ3v) is 4.65. The summed E-state index contributed by atoms with van der Waals surface area (Å²) in [4.78, 5) is 0. The quantitative estimate of drug-likeness (QED) is 0.734. The van der Waals surface area contributed by atoms with Crippen molar-refractivity contribution in [3.63, 3.8) is 0 Å². The van der Waals surface area contributed by atoms with E-state index >= 15 is 0 Å². The third kappa shape index (κ3) is 2.54. The third-order valence-electron chi connectivity index (χ3n) is 4.65. The van der Waals surface area contributed by atoms with Gasteiger partial charge in [0.25, 0.3) is 0 Å². The fraction of sp³-hybridized carbons (Fsp3) is 1.00. The lowest BCUT2D eigenvalue weighted by molar-refractivity contribution is -0.0604. The van der Waals surface area contributed by atoms with Crippen molar-refractivity contribution in [2.45, 2.75) is 57.5 Å². The maximum absolute atomic E-state index is 10.6. The van der Waals surface area contributed by atoms with Crippen LogP contribution < -0.4 is 5.32 Å². The second kappa shape index (κ2) is 4.84. The molecule has 2 rings (SSSR count). The van der Waals surface area contributed by atoms with Crippen LogP contribution in [-0.4, -0.2) is 23.8 Å². The fourth-order valence-corrected chi connectivity index (χ4v) is 3.38. The smallest absolute Gasteiger partial charge is 0.0700 e. The lowest BCUT2D eigenvalue weighted by atomic mass is 9.70. The van der Waals surface area contributed by atoms with Crippen LogP contribution in [-0.2, 0) is 0 Å². The number of nitrogens with one attached hydrogen (secondary N) is 1. The van der Waals surface area contributed by atoms with Gasteiger partial charge in [0.15, 0.2) is 0 Å². The molecular weight excluding hydrogens is 186 g/mol. The Bertz CT molecular complexity index is 191. The molecule has 2 heteroatoms. The van der Waals surface area contributed by atoms with Crippen molar-refractivity contribution in [3.8, 4) is 0 Å². The van der Waals surface area contributed by atoms with Crippen molar-refractivity contribution >= 4 is 0 Å². The van der Waals surface area contributed by atoms with E-state index in [1.807, 2.05) is 0 Å². The van der Waals surface area contributed by atoms with Gasteiger partial charge in [0.05, 0.1) is 5.60 Å². The summed E-state index contributed by atoms with van der Waals surface area (Å²) in [6.07, 6.45) is 8.47. The minimum Gasteiger partial charge on any atom is -0.390 e. The van der Waals surface area contributed by atoms with Crippen LogP contribution in [0.3, 0.4) is 0 Å². The van der Waals surface area contributed by atoms with E-state index in [0.29, 0.717) is 5.92 Å². The van der Waals surface area contributed by atoms with Gasteiger partial charge in [-0.05, 0) is 50.6 Å². The van der Waals surface area contributed by atoms with Crippen molar-refractivity contribution in [1.82, 2.24) is 5.32 Å². The maximum atomic E-state index is 10.6. The van der Waals surface area contributed by atoms with Crippen molar-refractivity contribution in [2.75, 3.05) is 13.1 Å². The Kier molecular flexibility index (Phi) is 3.68. The fourth-order valence-electron chi connectivity index (χ4n) is 3.38. The first-order chi connectivity index (χ1) is 7.24. The first-order valence-electron chi connectivity index (χ1n) is 6.67. The number of hydrogen-bond acceptors (Lipinski definition) is 2. The van der Waals surface area contributed by atoms with Crippen LogP contribution in [0.1, 0.15) is 51.9 Å². The molecule has 1 saturated carbocycles. The highest BCUT2D eigenvalue weighted by Gasteiger charge is 2.39. The molecule has 0 aromatic carbocycles. The van der Waals surface area contributed by atoms with Gasteiger partial charge in [-0.15, -0.1) is 0 Å². The van der Waals surface area contributed by atoms with Gasteiger partial charge in [-0.2, -0.15) is 0 Å². The first kappa shape index (κ1) is 11.4. The van der Waals surface area contributed by atoms with E-state index in [1.165, 1.54) is 32.1 Å². The monoisotopic (exact) mass is 211 g/mol. The largest absolute Gasteiger partial charge is 0.390 e. The molecule has 0 radical (unpaired) electrons. The Morgan fingerprint density at radius 3 is 2.27 bits per heavy atom. The van der Waals surface area contributed by atoms with Crippen LogP contribution in [0, 0.1) is 11.8 Å². The normalized spacial score (nSPS) is 36.4. The minimum absolute atomic E-state index is 0.329. The average Bonchev–Trinajstić information content (AvgIpc) is 2.30. The zero-order chi connectivity index (χ0) is 10.7. The molecule has 2 fully saturated rings. The molecule has 2 nitrogen and oxygen atoms in total. The second-order valence-electron chi connectivity index (χ2n) is 5.48. The molecule has 15 heavy (non-hydrogen) atoms. The summed E-state index contributed by atoms with van der Waals surface area (Å²) < 4.78 is 0. The summed E-state index contributed by atoms with van der Waals surface area (Å²) in [6.45, 7) is 4.30. The van der Waals surface area contributed by atoms with E-state index < -0.39 is 0 Å². The summed E-state index contributed by atoms with van der Waals surface area (Å²) in [5.74, 6) is 1.52. The molecule has 0 atom stereocenters. The van der Waals surface area contributed by atoms with Crippen molar-refractivity contribution in [3.05, 3.63) is 0 Å². The molecule has 0 aromatic heterocycles. The molecule has 0 spiro atoms. The van der Waals surface area contributed by atoms with Gasteiger partial charge in [0.2, 0.25) is 0 Å². The molecule has 2 aliphatic rings. The van der Waals surface area contributed by atoms with Crippen LogP contribution in [0.15, 0.2) is 0 Å². The highest BCUT2D eigenvalue weighted by Crippen LogP contribution is 2.40. The van der Waals surface area contributed by atoms with E-state index in [9.17, 15) is 5.11 Å². The Morgan fingerprint density at radius 2 is 1.73 bits per heavy atom. The van der Waals surface area contributed by atoms with Crippen LogP contribution in [0.25, 0.3) is 0 Å².